The quantitative estimate of drug-likeness (QED) is 0.657. The van der Waals surface area contributed by atoms with Gasteiger partial charge in [0.05, 0.1) is 0 Å². The van der Waals surface area contributed by atoms with Crippen LogP contribution in [0, 0.1) is 11.8 Å². The summed E-state index contributed by atoms with van der Waals surface area (Å²) in [5.74, 6) is 1.86. The number of nitrogens with one attached hydrogen (secondary N) is 1. The molecule has 0 bridgehead atoms. The fourth-order valence-electron chi connectivity index (χ4n) is 2.40. The van der Waals surface area contributed by atoms with Crippen molar-refractivity contribution in [2.24, 2.45) is 11.8 Å². The monoisotopic (exact) mass is 197 g/mol. The molecule has 0 aromatic rings. The van der Waals surface area contributed by atoms with Crippen molar-refractivity contribution in [1.29, 1.82) is 0 Å². The van der Waals surface area contributed by atoms with Crippen LogP contribution in [0.4, 0.5) is 0 Å². The summed E-state index contributed by atoms with van der Waals surface area (Å²) >= 11 is 0. The third kappa shape index (κ3) is 4.45. The molecule has 1 heteroatoms. The molecule has 84 valence electrons. The first-order valence-corrected chi connectivity index (χ1v) is 6.45. The summed E-state index contributed by atoms with van der Waals surface area (Å²) in [6, 6.07) is 0.867. The Morgan fingerprint density at radius 3 is 2.50 bits per heavy atom. The van der Waals surface area contributed by atoms with Crippen LogP contribution in [-0.4, -0.2) is 12.6 Å². The van der Waals surface area contributed by atoms with Crippen molar-refractivity contribution in [2.75, 3.05) is 6.54 Å². The van der Waals surface area contributed by atoms with Gasteiger partial charge in [0.1, 0.15) is 0 Å². The maximum absolute atomic E-state index is 3.48. The molecule has 0 aliphatic carbocycles. The van der Waals surface area contributed by atoms with E-state index in [-0.39, 0.29) is 0 Å². The van der Waals surface area contributed by atoms with Crippen LogP contribution < -0.4 is 5.32 Å². The van der Waals surface area contributed by atoms with Crippen molar-refractivity contribution < 1.29 is 0 Å². The molecule has 1 saturated heterocycles. The summed E-state index contributed by atoms with van der Waals surface area (Å²) < 4.78 is 0. The van der Waals surface area contributed by atoms with Crippen molar-refractivity contribution in [1.82, 2.24) is 5.32 Å². The van der Waals surface area contributed by atoms with E-state index in [2.05, 4.69) is 26.1 Å². The highest BCUT2D eigenvalue weighted by Crippen LogP contribution is 2.22. The Morgan fingerprint density at radius 2 is 2.07 bits per heavy atom. The van der Waals surface area contributed by atoms with Gasteiger partial charge in [-0.3, -0.25) is 0 Å². The first kappa shape index (κ1) is 12.0. The average molecular weight is 197 g/mol. The molecule has 0 radical (unpaired) electrons. The van der Waals surface area contributed by atoms with Gasteiger partial charge in [-0.05, 0) is 37.6 Å². The van der Waals surface area contributed by atoms with E-state index in [0.717, 1.165) is 17.9 Å². The molecule has 1 nitrogen and oxygen atoms in total. The first-order chi connectivity index (χ1) is 6.72. The molecule has 1 heterocycles. The van der Waals surface area contributed by atoms with Crippen LogP contribution in [0.15, 0.2) is 0 Å². The van der Waals surface area contributed by atoms with Crippen LogP contribution in [0.2, 0.25) is 0 Å². The zero-order valence-electron chi connectivity index (χ0n) is 10.2. The number of hydrogen-bond donors (Lipinski definition) is 1. The lowest BCUT2D eigenvalue weighted by molar-refractivity contribution is 0.311. The highest BCUT2D eigenvalue weighted by atomic mass is 15.0. The molecule has 14 heavy (non-hydrogen) atoms. The molecule has 0 amide bonds. The van der Waals surface area contributed by atoms with Gasteiger partial charge in [-0.25, -0.2) is 0 Å². The van der Waals surface area contributed by atoms with Crippen molar-refractivity contribution in [3.05, 3.63) is 0 Å². The summed E-state index contributed by atoms with van der Waals surface area (Å²) in [4.78, 5) is 0. The van der Waals surface area contributed by atoms with Gasteiger partial charge in [-0.15, -0.1) is 0 Å². The molecular weight excluding hydrogens is 170 g/mol. The van der Waals surface area contributed by atoms with Crippen LogP contribution in [0.3, 0.4) is 0 Å². The summed E-state index contributed by atoms with van der Waals surface area (Å²) in [5.41, 5.74) is 0. The lowest BCUT2D eigenvalue weighted by Gasteiger charge is -2.28. The Morgan fingerprint density at radius 1 is 1.36 bits per heavy atom. The van der Waals surface area contributed by atoms with Gasteiger partial charge in [0.2, 0.25) is 0 Å². The van der Waals surface area contributed by atoms with Crippen LogP contribution in [0.25, 0.3) is 0 Å². The second-order valence-electron chi connectivity index (χ2n) is 5.27. The summed E-state index contributed by atoms with van der Waals surface area (Å²) in [7, 11) is 0. The van der Waals surface area contributed by atoms with Gasteiger partial charge >= 0.3 is 0 Å². The maximum Gasteiger partial charge on any atom is 0.00791 e. The zero-order chi connectivity index (χ0) is 10.4. The molecule has 1 aliphatic heterocycles. The molecule has 1 N–H and O–H groups in total. The average Bonchev–Trinajstić information content (AvgIpc) is 2.06. The van der Waals surface area contributed by atoms with Crippen LogP contribution >= 0.6 is 0 Å². The lowest BCUT2D eigenvalue weighted by Crippen LogP contribution is -2.42. The summed E-state index contributed by atoms with van der Waals surface area (Å²) in [6.07, 6.45) is 8.51. The predicted octanol–water partition coefficient (Wildman–Crippen LogP) is 3.59. The SMILES string of the molecule is CCC(CCCC1CCN1)CC(C)C. The van der Waals surface area contributed by atoms with Gasteiger partial charge in [-0.2, -0.15) is 0 Å². The number of rotatable bonds is 7. The third-order valence-corrected chi connectivity index (χ3v) is 3.47. The first-order valence-electron chi connectivity index (χ1n) is 6.45. The van der Waals surface area contributed by atoms with Crippen LogP contribution in [0.1, 0.15) is 59.3 Å². The minimum absolute atomic E-state index is 0.867. The Labute approximate surface area is 89.7 Å². The Kier molecular flexibility index (Phi) is 5.54. The minimum atomic E-state index is 0.867. The largest absolute Gasteiger partial charge is 0.314 e. The second kappa shape index (κ2) is 6.44. The van der Waals surface area contributed by atoms with E-state index in [9.17, 15) is 0 Å². The third-order valence-electron chi connectivity index (χ3n) is 3.47. The zero-order valence-corrected chi connectivity index (χ0v) is 10.2. The van der Waals surface area contributed by atoms with Crippen molar-refractivity contribution in [2.45, 2.75) is 65.3 Å². The highest BCUT2D eigenvalue weighted by Gasteiger charge is 2.16. The summed E-state index contributed by atoms with van der Waals surface area (Å²) in [6.45, 7) is 8.29. The van der Waals surface area contributed by atoms with E-state index in [1.807, 2.05) is 0 Å². The molecule has 1 aliphatic rings. The van der Waals surface area contributed by atoms with Crippen LogP contribution in [0.5, 0.6) is 0 Å². The molecule has 0 spiro atoms. The van der Waals surface area contributed by atoms with Crippen molar-refractivity contribution >= 4 is 0 Å². The van der Waals surface area contributed by atoms with E-state index in [1.165, 1.54) is 45.1 Å². The standard InChI is InChI=1S/C13H27N/c1-4-12(10-11(2)3)6-5-7-13-8-9-14-13/h11-14H,4-10H2,1-3H3. The normalized spacial score (nSPS) is 23.6. The Bertz CT molecular complexity index is 138. The van der Waals surface area contributed by atoms with E-state index >= 15 is 0 Å². The minimum Gasteiger partial charge on any atom is -0.314 e. The molecule has 0 saturated carbocycles. The fourth-order valence-corrected chi connectivity index (χ4v) is 2.40. The van der Waals surface area contributed by atoms with Gasteiger partial charge in [0.15, 0.2) is 0 Å². The van der Waals surface area contributed by atoms with Crippen molar-refractivity contribution in [3.63, 3.8) is 0 Å². The fraction of sp³-hybridized carbons (Fsp3) is 1.00. The van der Waals surface area contributed by atoms with Gasteiger partial charge < -0.3 is 5.32 Å². The Hall–Kier alpha value is -0.0400. The topological polar surface area (TPSA) is 12.0 Å². The maximum atomic E-state index is 3.48. The molecule has 0 aromatic heterocycles. The second-order valence-corrected chi connectivity index (χ2v) is 5.27. The van der Waals surface area contributed by atoms with E-state index in [0.29, 0.717) is 0 Å². The highest BCUT2D eigenvalue weighted by molar-refractivity contribution is 4.77. The van der Waals surface area contributed by atoms with E-state index < -0.39 is 0 Å². The van der Waals surface area contributed by atoms with Crippen molar-refractivity contribution in [3.8, 4) is 0 Å². The molecule has 1 fully saturated rings. The molecule has 2 unspecified atom stereocenters. The summed E-state index contributed by atoms with van der Waals surface area (Å²) in [5, 5.41) is 3.48. The molecular formula is C13H27N. The predicted molar refractivity (Wildman–Crippen MR) is 63.5 cm³/mol. The number of hydrogen-bond acceptors (Lipinski definition) is 1. The lowest BCUT2D eigenvalue weighted by atomic mass is 9.89. The van der Waals surface area contributed by atoms with Crippen LogP contribution in [-0.2, 0) is 0 Å². The molecule has 0 aromatic carbocycles. The van der Waals surface area contributed by atoms with E-state index in [4.69, 9.17) is 0 Å². The molecule has 1 rings (SSSR count). The smallest absolute Gasteiger partial charge is 0.00791 e. The molecule has 2 atom stereocenters. The van der Waals surface area contributed by atoms with Gasteiger partial charge in [0, 0.05) is 6.04 Å². The van der Waals surface area contributed by atoms with Gasteiger partial charge in [0.25, 0.3) is 0 Å². The van der Waals surface area contributed by atoms with Gasteiger partial charge in [-0.1, -0.05) is 40.0 Å². The Balaban J connectivity index is 2.01. The van der Waals surface area contributed by atoms with E-state index in [1.54, 1.807) is 0 Å².